The molecule has 0 saturated carbocycles. The second-order valence-corrected chi connectivity index (χ2v) is 15.5. The van der Waals surface area contributed by atoms with E-state index < -0.39 is 0 Å². The van der Waals surface area contributed by atoms with Gasteiger partial charge < -0.3 is 11.1 Å². The molecule has 3 N–H and O–H groups in total. The van der Waals surface area contributed by atoms with Crippen LogP contribution in [0.3, 0.4) is 0 Å². The van der Waals surface area contributed by atoms with Crippen molar-refractivity contribution >= 4 is 38.8 Å². The number of nitrogens with zero attached hydrogens (tertiary/aromatic N) is 2. The van der Waals surface area contributed by atoms with Crippen LogP contribution in [0, 0.1) is 0 Å². The Balaban J connectivity index is 0.998. The Hall–Kier alpha value is -5.75. The van der Waals surface area contributed by atoms with Gasteiger partial charge in [0.1, 0.15) is 0 Å². The van der Waals surface area contributed by atoms with Crippen molar-refractivity contribution in [3.8, 4) is 0 Å². The second kappa shape index (κ2) is 15.2. The highest BCUT2D eigenvalue weighted by atomic mass is 16.1. The molecule has 0 spiro atoms. The summed E-state index contributed by atoms with van der Waals surface area (Å²) in [5, 5.41) is 8.37. The third kappa shape index (κ3) is 7.38. The first-order valence-electron chi connectivity index (χ1n) is 19.8. The van der Waals surface area contributed by atoms with E-state index in [0.717, 1.165) is 62.4 Å². The maximum Gasteiger partial charge on any atom is 0.228 e. The average Bonchev–Trinajstić information content (AvgIpc) is 3.22. The number of nitrogens with two attached hydrogens (primary N) is 1. The number of fused-ring (bicyclic) bond motifs is 4. The van der Waals surface area contributed by atoms with Gasteiger partial charge in [0.05, 0.1) is 6.42 Å². The molecule has 274 valence electrons. The van der Waals surface area contributed by atoms with Crippen LogP contribution in [0.2, 0.25) is 0 Å². The molecule has 0 bridgehead atoms. The van der Waals surface area contributed by atoms with Gasteiger partial charge >= 0.3 is 0 Å². The fourth-order valence-electron chi connectivity index (χ4n) is 9.08. The van der Waals surface area contributed by atoms with Crippen molar-refractivity contribution in [1.82, 2.24) is 9.80 Å². The predicted molar refractivity (Wildman–Crippen MR) is 227 cm³/mol. The van der Waals surface area contributed by atoms with Crippen LogP contribution in [0.4, 0.5) is 11.4 Å². The van der Waals surface area contributed by atoms with Crippen molar-refractivity contribution in [3.63, 3.8) is 0 Å². The highest BCUT2D eigenvalue weighted by Crippen LogP contribution is 2.37. The van der Waals surface area contributed by atoms with Crippen molar-refractivity contribution in [3.05, 3.63) is 190 Å². The monoisotopic (exact) mass is 720 g/mol. The zero-order chi connectivity index (χ0) is 37.3. The highest BCUT2D eigenvalue weighted by Gasteiger charge is 2.28. The topological polar surface area (TPSA) is 61.6 Å². The first kappa shape index (κ1) is 35.0. The molecule has 0 radical (unpaired) electrons. The fourth-order valence-corrected chi connectivity index (χ4v) is 9.08. The standard InChI is InChI=1S/C50H48N4O/c1-34(53-25-23-37-18-20-43(51)30-41(37)32-53)45-15-8-13-40-27-36(17-22-47(40)45)28-49(48-16-7-12-39-11-5-6-14-46(39)48)54-26-24-38-19-21-44(31-42(38)33-54)52-50(55)29-35-9-3-2-4-10-35/h2-22,27,30-31,34,49H,23-26,28-29,32-33,51H2,1H3,(H,52,55). The highest BCUT2D eigenvalue weighted by molar-refractivity contribution is 5.92. The van der Waals surface area contributed by atoms with E-state index in [0.29, 0.717) is 6.42 Å². The lowest BCUT2D eigenvalue weighted by Crippen LogP contribution is -2.35. The maximum absolute atomic E-state index is 13.0. The van der Waals surface area contributed by atoms with Crippen LogP contribution in [-0.2, 0) is 43.6 Å². The molecule has 2 aliphatic heterocycles. The van der Waals surface area contributed by atoms with Crippen molar-refractivity contribution in [1.29, 1.82) is 0 Å². The Bertz CT molecular complexity index is 2500. The Kier molecular flexibility index (Phi) is 9.65. The lowest BCUT2D eigenvalue weighted by atomic mass is 9.89. The first-order chi connectivity index (χ1) is 26.9. The van der Waals surface area contributed by atoms with Gasteiger partial charge in [-0.2, -0.15) is 0 Å². The number of amides is 1. The molecule has 2 heterocycles. The van der Waals surface area contributed by atoms with Crippen molar-refractivity contribution < 1.29 is 4.79 Å². The molecule has 5 nitrogen and oxygen atoms in total. The number of hydrogen-bond donors (Lipinski definition) is 2. The number of nitrogens with one attached hydrogen (secondary N) is 1. The van der Waals surface area contributed by atoms with Crippen LogP contribution >= 0.6 is 0 Å². The van der Waals surface area contributed by atoms with Crippen molar-refractivity contribution in [2.24, 2.45) is 0 Å². The minimum atomic E-state index is 0.00718. The van der Waals surface area contributed by atoms with Crippen molar-refractivity contribution in [2.45, 2.75) is 57.8 Å². The van der Waals surface area contributed by atoms with Crippen LogP contribution in [0.1, 0.15) is 63.5 Å². The van der Waals surface area contributed by atoms with E-state index in [1.807, 2.05) is 36.4 Å². The van der Waals surface area contributed by atoms with Gasteiger partial charge in [-0.25, -0.2) is 0 Å². The van der Waals surface area contributed by atoms with Gasteiger partial charge in [0.25, 0.3) is 0 Å². The summed E-state index contributed by atoms with van der Waals surface area (Å²) >= 11 is 0. The third-order valence-electron chi connectivity index (χ3n) is 12.0. The quantitative estimate of drug-likeness (QED) is 0.146. The number of rotatable bonds is 9. The number of nitrogen functional groups attached to an aromatic ring is 1. The van der Waals surface area contributed by atoms with Crippen LogP contribution in [0.5, 0.6) is 0 Å². The van der Waals surface area contributed by atoms with Gasteiger partial charge in [-0.05, 0) is 117 Å². The molecule has 2 aliphatic rings. The lowest BCUT2D eigenvalue weighted by molar-refractivity contribution is -0.115. The Morgan fingerprint density at radius 2 is 1.29 bits per heavy atom. The Morgan fingerprint density at radius 1 is 0.618 bits per heavy atom. The molecule has 0 saturated heterocycles. The molecule has 9 rings (SSSR count). The van der Waals surface area contributed by atoms with E-state index in [-0.39, 0.29) is 18.0 Å². The van der Waals surface area contributed by atoms with E-state index in [9.17, 15) is 4.79 Å². The molecular formula is C50H48N4O. The molecule has 7 aromatic carbocycles. The predicted octanol–water partition coefficient (Wildman–Crippen LogP) is 10.2. The largest absolute Gasteiger partial charge is 0.399 e. The number of carbonyl (C=O) groups excluding carboxylic acids is 1. The molecule has 0 fully saturated rings. The van der Waals surface area contributed by atoms with Crippen LogP contribution in [0.15, 0.2) is 146 Å². The summed E-state index contributed by atoms with van der Waals surface area (Å²) in [5.74, 6) is 0.00718. The summed E-state index contributed by atoms with van der Waals surface area (Å²) in [5.41, 5.74) is 18.4. The van der Waals surface area contributed by atoms with Crippen molar-refractivity contribution in [2.75, 3.05) is 24.1 Å². The SMILES string of the molecule is CC(c1cccc2cc(CC(c3cccc4ccccc34)N3CCc4ccc(NC(=O)Cc5ccccc5)cc4C3)ccc12)N1CCc2ccc(N)cc2C1. The smallest absolute Gasteiger partial charge is 0.228 e. The normalized spacial score (nSPS) is 15.7. The van der Waals surface area contributed by atoms with Gasteiger partial charge in [-0.1, -0.05) is 121 Å². The van der Waals surface area contributed by atoms with E-state index in [2.05, 4.69) is 131 Å². The summed E-state index contributed by atoms with van der Waals surface area (Å²) in [4.78, 5) is 18.2. The molecule has 0 aliphatic carbocycles. The van der Waals surface area contributed by atoms with Gasteiger partial charge in [-0.15, -0.1) is 0 Å². The summed E-state index contributed by atoms with van der Waals surface area (Å²) in [6.45, 7) is 6.11. The minimum Gasteiger partial charge on any atom is -0.399 e. The lowest BCUT2D eigenvalue weighted by Gasteiger charge is -2.37. The van der Waals surface area contributed by atoms with Gasteiger partial charge in [0, 0.05) is 49.6 Å². The molecule has 2 atom stereocenters. The number of carbonyl (C=O) groups is 1. The summed E-state index contributed by atoms with van der Waals surface area (Å²) in [7, 11) is 0. The van der Waals surface area contributed by atoms with Gasteiger partial charge in [0.15, 0.2) is 0 Å². The van der Waals surface area contributed by atoms with E-state index in [4.69, 9.17) is 5.73 Å². The second-order valence-electron chi connectivity index (χ2n) is 15.5. The molecule has 0 aromatic heterocycles. The maximum atomic E-state index is 13.0. The fraction of sp³-hybridized carbons (Fsp3) is 0.220. The average molecular weight is 721 g/mol. The Labute approximate surface area is 324 Å². The van der Waals surface area contributed by atoms with E-state index in [1.54, 1.807) is 0 Å². The zero-order valence-electron chi connectivity index (χ0n) is 31.5. The van der Waals surface area contributed by atoms with Crippen LogP contribution < -0.4 is 11.1 Å². The van der Waals surface area contributed by atoms with Gasteiger partial charge in [-0.3, -0.25) is 14.6 Å². The molecule has 55 heavy (non-hydrogen) atoms. The van der Waals surface area contributed by atoms with Crippen LogP contribution in [0.25, 0.3) is 21.5 Å². The summed E-state index contributed by atoms with van der Waals surface area (Å²) < 4.78 is 0. The minimum absolute atomic E-state index is 0.00718. The van der Waals surface area contributed by atoms with E-state index >= 15 is 0 Å². The number of hydrogen-bond acceptors (Lipinski definition) is 4. The zero-order valence-corrected chi connectivity index (χ0v) is 31.5. The Morgan fingerprint density at radius 3 is 2.15 bits per heavy atom. The molecular weight excluding hydrogens is 673 g/mol. The third-order valence-corrected chi connectivity index (χ3v) is 12.0. The molecule has 2 unspecified atom stereocenters. The van der Waals surface area contributed by atoms with Crippen LogP contribution in [-0.4, -0.2) is 28.8 Å². The van der Waals surface area contributed by atoms with E-state index in [1.165, 1.54) is 60.5 Å². The molecule has 7 aromatic rings. The molecule has 1 amide bonds. The number of benzene rings is 7. The number of anilines is 2. The van der Waals surface area contributed by atoms with Gasteiger partial charge in [0.2, 0.25) is 5.91 Å². The first-order valence-corrected chi connectivity index (χ1v) is 19.8. The summed E-state index contributed by atoms with van der Waals surface area (Å²) in [6.07, 6.45) is 3.29. The summed E-state index contributed by atoms with van der Waals surface area (Å²) in [6, 6.07) is 52.8. The molecule has 5 heteroatoms.